The molecule has 0 fully saturated rings. The van der Waals surface area contributed by atoms with Gasteiger partial charge in [0.15, 0.2) is 9.84 Å². The van der Waals surface area contributed by atoms with Gasteiger partial charge in [0, 0.05) is 5.56 Å². The fraction of sp³-hybridized carbons (Fsp3) is 0.174. The molecule has 3 rings (SSSR count). The Morgan fingerprint density at radius 2 is 1.69 bits per heavy atom. The van der Waals surface area contributed by atoms with Crippen molar-refractivity contribution in [3.63, 3.8) is 0 Å². The van der Waals surface area contributed by atoms with Crippen molar-refractivity contribution in [2.75, 3.05) is 11.9 Å². The molecule has 168 valence electrons. The lowest BCUT2D eigenvalue weighted by Gasteiger charge is -2.15. The summed E-state index contributed by atoms with van der Waals surface area (Å²) in [6, 6.07) is 16.6. The highest BCUT2D eigenvalue weighted by atomic mass is 32.2. The van der Waals surface area contributed by atoms with E-state index in [-0.39, 0.29) is 34.3 Å². The smallest absolute Gasteiger partial charge is 0.416 e. The maximum absolute atomic E-state index is 13.1. The number of anilines is 1. The molecule has 0 aliphatic carbocycles. The van der Waals surface area contributed by atoms with Crippen molar-refractivity contribution < 1.29 is 31.1 Å². The Labute approximate surface area is 183 Å². The minimum atomic E-state index is -4.59. The van der Waals surface area contributed by atoms with Gasteiger partial charge in [-0.1, -0.05) is 30.3 Å². The molecule has 9 heteroatoms. The summed E-state index contributed by atoms with van der Waals surface area (Å²) in [7, 11) is -3.63. The second-order valence-corrected chi connectivity index (χ2v) is 8.86. The Morgan fingerprint density at radius 1 is 0.969 bits per heavy atom. The van der Waals surface area contributed by atoms with Crippen molar-refractivity contribution in [3.05, 3.63) is 89.5 Å². The number of carbonyl (C=O) groups is 1. The van der Waals surface area contributed by atoms with Crippen LogP contribution in [-0.4, -0.2) is 20.9 Å². The molecule has 0 aliphatic rings. The average Bonchev–Trinajstić information content (AvgIpc) is 2.75. The molecule has 0 saturated heterocycles. The summed E-state index contributed by atoms with van der Waals surface area (Å²) >= 11 is 0. The Balaban J connectivity index is 1.85. The van der Waals surface area contributed by atoms with Gasteiger partial charge in [-0.3, -0.25) is 4.79 Å². The molecule has 0 saturated carbocycles. The maximum atomic E-state index is 13.1. The number of nitrogens with one attached hydrogen (secondary N) is 1. The summed E-state index contributed by atoms with van der Waals surface area (Å²) in [6.45, 7) is 1.86. The second-order valence-electron chi connectivity index (χ2n) is 6.87. The van der Waals surface area contributed by atoms with Gasteiger partial charge in [-0.15, -0.1) is 0 Å². The summed E-state index contributed by atoms with van der Waals surface area (Å²) in [5.41, 5.74) is -0.589. The number of carbonyl (C=O) groups excluding carboxylic acids is 1. The van der Waals surface area contributed by atoms with E-state index in [1.54, 1.807) is 31.2 Å². The number of amides is 1. The molecular formula is C23H20F3NO4S. The molecule has 0 aliphatic heterocycles. The summed E-state index contributed by atoms with van der Waals surface area (Å²) in [5, 5.41) is 2.43. The van der Waals surface area contributed by atoms with E-state index < -0.39 is 27.5 Å². The molecule has 3 aromatic carbocycles. The Morgan fingerprint density at radius 3 is 2.34 bits per heavy atom. The van der Waals surface area contributed by atoms with Crippen LogP contribution >= 0.6 is 0 Å². The van der Waals surface area contributed by atoms with E-state index in [1.807, 2.05) is 0 Å². The number of rotatable bonds is 7. The zero-order valence-electron chi connectivity index (χ0n) is 17.0. The second kappa shape index (κ2) is 9.44. The monoisotopic (exact) mass is 463 g/mol. The maximum Gasteiger partial charge on any atom is 0.416 e. The van der Waals surface area contributed by atoms with Crippen LogP contribution in [0.25, 0.3) is 0 Å². The largest absolute Gasteiger partial charge is 0.492 e. The van der Waals surface area contributed by atoms with Gasteiger partial charge in [0.2, 0.25) is 0 Å². The van der Waals surface area contributed by atoms with Crippen LogP contribution in [0.1, 0.15) is 28.4 Å². The third-order valence-electron chi connectivity index (χ3n) is 4.50. The summed E-state index contributed by atoms with van der Waals surface area (Å²) in [5.74, 6) is -0.924. The van der Waals surface area contributed by atoms with Crippen LogP contribution in [0, 0.1) is 0 Å². The van der Waals surface area contributed by atoms with Gasteiger partial charge in [-0.05, 0) is 55.0 Å². The van der Waals surface area contributed by atoms with E-state index in [2.05, 4.69) is 5.32 Å². The van der Waals surface area contributed by atoms with Gasteiger partial charge in [0.25, 0.3) is 5.91 Å². The van der Waals surface area contributed by atoms with Crippen LogP contribution in [0.2, 0.25) is 0 Å². The molecule has 3 aromatic rings. The lowest BCUT2D eigenvalue weighted by Crippen LogP contribution is -2.15. The first-order chi connectivity index (χ1) is 15.1. The predicted octanol–water partition coefficient (Wildman–Crippen LogP) is 5.33. The van der Waals surface area contributed by atoms with Crippen molar-refractivity contribution in [1.82, 2.24) is 0 Å². The number of benzene rings is 3. The molecule has 1 N–H and O–H groups in total. The normalized spacial score (nSPS) is 11.8. The fourth-order valence-electron chi connectivity index (χ4n) is 3.01. The van der Waals surface area contributed by atoms with Gasteiger partial charge in [0.05, 0.1) is 28.5 Å². The number of hydrogen-bond donors (Lipinski definition) is 1. The van der Waals surface area contributed by atoms with E-state index in [4.69, 9.17) is 4.74 Å². The minimum Gasteiger partial charge on any atom is -0.492 e. The molecule has 0 bridgehead atoms. The number of halogens is 3. The number of hydrogen-bond acceptors (Lipinski definition) is 4. The van der Waals surface area contributed by atoms with Crippen LogP contribution in [-0.2, 0) is 21.8 Å². The van der Waals surface area contributed by atoms with Crippen molar-refractivity contribution in [2.24, 2.45) is 0 Å². The van der Waals surface area contributed by atoms with Gasteiger partial charge in [-0.2, -0.15) is 13.2 Å². The van der Waals surface area contributed by atoms with Gasteiger partial charge >= 0.3 is 6.18 Å². The average molecular weight is 463 g/mol. The molecular weight excluding hydrogens is 443 g/mol. The molecule has 0 aromatic heterocycles. The molecule has 0 atom stereocenters. The molecule has 5 nitrogen and oxygen atoms in total. The lowest BCUT2D eigenvalue weighted by molar-refractivity contribution is -0.137. The molecule has 32 heavy (non-hydrogen) atoms. The van der Waals surface area contributed by atoms with Crippen LogP contribution < -0.4 is 10.1 Å². The van der Waals surface area contributed by atoms with Crippen LogP contribution in [0.3, 0.4) is 0 Å². The number of alkyl halides is 3. The Hall–Kier alpha value is -3.33. The van der Waals surface area contributed by atoms with Crippen molar-refractivity contribution in [2.45, 2.75) is 23.7 Å². The minimum absolute atomic E-state index is 0.0941. The first kappa shape index (κ1) is 23.3. The summed E-state index contributed by atoms with van der Waals surface area (Å²) < 4.78 is 69.8. The van der Waals surface area contributed by atoms with Crippen LogP contribution in [0.4, 0.5) is 18.9 Å². The third-order valence-corrected chi connectivity index (χ3v) is 6.21. The Kier molecular flexibility index (Phi) is 6.88. The van der Waals surface area contributed by atoms with Crippen LogP contribution in [0.5, 0.6) is 5.75 Å². The lowest BCUT2D eigenvalue weighted by atomic mass is 10.1. The molecule has 0 unspecified atom stereocenters. The van der Waals surface area contributed by atoms with E-state index >= 15 is 0 Å². The molecule has 1 amide bonds. The highest BCUT2D eigenvalue weighted by molar-refractivity contribution is 7.90. The van der Waals surface area contributed by atoms with Crippen LogP contribution in [0.15, 0.2) is 77.7 Å². The standard InChI is InChI=1S/C23H20F3NO4S/c1-2-31-21-12-11-18(23(24,25)26)14-20(21)27-22(28)17-8-6-7-16(13-17)15-32(29,30)19-9-4-3-5-10-19/h3-14H,2,15H2,1H3,(H,27,28). The summed E-state index contributed by atoms with van der Waals surface area (Å²) in [4.78, 5) is 12.9. The number of sulfone groups is 1. The molecule has 0 radical (unpaired) electrons. The topological polar surface area (TPSA) is 72.5 Å². The zero-order valence-corrected chi connectivity index (χ0v) is 17.8. The van der Waals surface area contributed by atoms with Crippen molar-refractivity contribution in [1.29, 1.82) is 0 Å². The first-order valence-electron chi connectivity index (χ1n) is 9.62. The quantitative estimate of drug-likeness (QED) is 0.514. The molecule has 0 heterocycles. The van der Waals surface area contributed by atoms with E-state index in [1.165, 1.54) is 30.3 Å². The van der Waals surface area contributed by atoms with E-state index in [0.29, 0.717) is 5.56 Å². The fourth-order valence-corrected chi connectivity index (χ4v) is 4.37. The zero-order chi connectivity index (χ0) is 23.4. The van der Waals surface area contributed by atoms with Gasteiger partial charge in [0.1, 0.15) is 5.75 Å². The summed E-state index contributed by atoms with van der Waals surface area (Å²) in [6.07, 6.45) is -4.59. The van der Waals surface area contributed by atoms with Crippen molar-refractivity contribution >= 4 is 21.4 Å². The van der Waals surface area contributed by atoms with Gasteiger partial charge in [-0.25, -0.2) is 8.42 Å². The van der Waals surface area contributed by atoms with E-state index in [0.717, 1.165) is 18.2 Å². The first-order valence-corrected chi connectivity index (χ1v) is 11.3. The Bertz CT molecular complexity index is 1210. The highest BCUT2D eigenvalue weighted by Crippen LogP contribution is 2.35. The SMILES string of the molecule is CCOc1ccc(C(F)(F)F)cc1NC(=O)c1cccc(CS(=O)(=O)c2ccccc2)c1. The number of ether oxygens (including phenoxy) is 1. The highest BCUT2D eigenvalue weighted by Gasteiger charge is 2.31. The van der Waals surface area contributed by atoms with Gasteiger partial charge < -0.3 is 10.1 Å². The van der Waals surface area contributed by atoms with E-state index in [9.17, 15) is 26.4 Å². The predicted molar refractivity (Wildman–Crippen MR) is 114 cm³/mol. The third kappa shape index (κ3) is 5.67. The molecule has 0 spiro atoms. The van der Waals surface area contributed by atoms with Crippen molar-refractivity contribution in [3.8, 4) is 5.75 Å².